The molecule has 1 atom stereocenters. The fourth-order valence-electron chi connectivity index (χ4n) is 4.46. The Balaban J connectivity index is 1.42. The molecule has 0 radical (unpaired) electrons. The van der Waals surface area contributed by atoms with E-state index in [9.17, 15) is 5.11 Å². The molecule has 27 heavy (non-hydrogen) atoms. The number of rotatable bonds is 8. The van der Waals surface area contributed by atoms with Crippen LogP contribution < -0.4 is 4.74 Å². The Morgan fingerprint density at radius 1 is 1.15 bits per heavy atom. The van der Waals surface area contributed by atoms with Crippen molar-refractivity contribution in [2.24, 2.45) is 5.92 Å². The fraction of sp³-hybridized carbons (Fsp3) is 0.739. The Morgan fingerprint density at radius 3 is 2.63 bits per heavy atom. The van der Waals surface area contributed by atoms with Gasteiger partial charge in [0.15, 0.2) is 0 Å². The summed E-state index contributed by atoms with van der Waals surface area (Å²) in [5, 5.41) is 10.4. The van der Waals surface area contributed by atoms with Gasteiger partial charge in [0.05, 0.1) is 0 Å². The zero-order valence-electron chi connectivity index (χ0n) is 17.3. The van der Waals surface area contributed by atoms with E-state index in [4.69, 9.17) is 4.74 Å². The van der Waals surface area contributed by atoms with Crippen molar-refractivity contribution < 1.29 is 9.84 Å². The van der Waals surface area contributed by atoms with E-state index < -0.39 is 6.10 Å². The normalized spacial score (nSPS) is 21.5. The van der Waals surface area contributed by atoms with E-state index in [2.05, 4.69) is 42.0 Å². The van der Waals surface area contributed by atoms with Crippen LogP contribution in [0.1, 0.15) is 57.4 Å². The number of aliphatic hydroxyl groups is 1. The maximum Gasteiger partial charge on any atom is 0.119 e. The number of benzene rings is 1. The molecular formula is C23H38N2O2. The minimum absolute atomic E-state index is 0.363. The first-order valence-electron chi connectivity index (χ1n) is 10.9. The van der Waals surface area contributed by atoms with Crippen LogP contribution in [0.3, 0.4) is 0 Å². The number of hydrogen-bond donors (Lipinski definition) is 1. The summed E-state index contributed by atoms with van der Waals surface area (Å²) in [6, 6.07) is 9.01. The maximum atomic E-state index is 10.4. The van der Waals surface area contributed by atoms with Crippen LogP contribution in [0.5, 0.6) is 5.75 Å². The number of nitrogens with zero attached hydrogens (tertiary/aromatic N) is 2. The van der Waals surface area contributed by atoms with Gasteiger partial charge in [-0.2, -0.15) is 0 Å². The molecule has 3 rings (SSSR count). The molecule has 1 aromatic rings. The highest BCUT2D eigenvalue weighted by Crippen LogP contribution is 2.22. The maximum absolute atomic E-state index is 10.4. The smallest absolute Gasteiger partial charge is 0.119 e. The van der Waals surface area contributed by atoms with E-state index in [1.807, 2.05) is 6.07 Å². The predicted molar refractivity (Wildman–Crippen MR) is 111 cm³/mol. The van der Waals surface area contributed by atoms with Crippen LogP contribution in [0, 0.1) is 5.92 Å². The Kier molecular flexibility index (Phi) is 7.98. The molecule has 4 heteroatoms. The SMILES string of the molecule is CC1CCN(Cc2cccc(OCC(O)CN(C)C3CCCCC3)c2)CC1. The van der Waals surface area contributed by atoms with Crippen LogP contribution in [-0.2, 0) is 6.54 Å². The molecule has 1 aliphatic carbocycles. The van der Waals surface area contributed by atoms with Crippen LogP contribution in [0.4, 0.5) is 0 Å². The summed E-state index contributed by atoms with van der Waals surface area (Å²) in [5.74, 6) is 1.74. The highest BCUT2D eigenvalue weighted by atomic mass is 16.5. The third kappa shape index (κ3) is 6.78. The Bertz CT molecular complexity index is 551. The molecule has 2 aliphatic rings. The lowest BCUT2D eigenvalue weighted by atomic mass is 9.94. The number of likely N-dealkylation sites (N-methyl/N-ethyl adjacent to an activating group) is 1. The molecule has 1 aromatic carbocycles. The molecule has 1 heterocycles. The van der Waals surface area contributed by atoms with E-state index >= 15 is 0 Å². The van der Waals surface area contributed by atoms with Crippen LogP contribution >= 0.6 is 0 Å². The molecule has 0 bridgehead atoms. The van der Waals surface area contributed by atoms with Gasteiger partial charge in [-0.1, -0.05) is 38.3 Å². The second-order valence-corrected chi connectivity index (χ2v) is 8.80. The average Bonchev–Trinajstić information content (AvgIpc) is 2.69. The second kappa shape index (κ2) is 10.4. The summed E-state index contributed by atoms with van der Waals surface area (Å²) >= 11 is 0. The lowest BCUT2D eigenvalue weighted by Gasteiger charge is -2.32. The summed E-state index contributed by atoms with van der Waals surface area (Å²) in [4.78, 5) is 4.86. The van der Waals surface area contributed by atoms with Crippen molar-refractivity contribution in [1.82, 2.24) is 9.80 Å². The van der Waals surface area contributed by atoms with E-state index in [0.29, 0.717) is 19.2 Å². The third-order valence-electron chi connectivity index (χ3n) is 6.32. The van der Waals surface area contributed by atoms with Crippen molar-refractivity contribution in [3.05, 3.63) is 29.8 Å². The van der Waals surface area contributed by atoms with Gasteiger partial charge in [0.2, 0.25) is 0 Å². The van der Waals surface area contributed by atoms with Crippen molar-refractivity contribution in [2.75, 3.05) is 33.3 Å². The average molecular weight is 375 g/mol. The predicted octanol–water partition coefficient (Wildman–Crippen LogP) is 3.92. The highest BCUT2D eigenvalue weighted by Gasteiger charge is 2.20. The molecule has 1 aliphatic heterocycles. The standard InChI is InChI=1S/C23H38N2O2/c1-19-11-13-25(14-12-19)16-20-7-6-10-23(15-20)27-18-22(26)17-24(2)21-8-4-3-5-9-21/h6-7,10,15,19,21-22,26H,3-5,8-9,11-14,16-18H2,1-2H3. The fourth-order valence-corrected chi connectivity index (χ4v) is 4.46. The van der Waals surface area contributed by atoms with Gasteiger partial charge in [-0.05, 0) is 69.4 Å². The molecule has 4 nitrogen and oxygen atoms in total. The zero-order chi connectivity index (χ0) is 19.1. The number of piperidine rings is 1. The summed E-state index contributed by atoms with van der Waals surface area (Å²) in [6.07, 6.45) is 8.71. The highest BCUT2D eigenvalue weighted by molar-refractivity contribution is 5.28. The lowest BCUT2D eigenvalue weighted by molar-refractivity contribution is 0.0561. The Labute approximate surface area is 165 Å². The minimum atomic E-state index is -0.441. The van der Waals surface area contributed by atoms with Crippen molar-refractivity contribution >= 4 is 0 Å². The van der Waals surface area contributed by atoms with Gasteiger partial charge in [-0.15, -0.1) is 0 Å². The second-order valence-electron chi connectivity index (χ2n) is 8.80. The van der Waals surface area contributed by atoms with Gasteiger partial charge in [-0.25, -0.2) is 0 Å². The van der Waals surface area contributed by atoms with Gasteiger partial charge in [0, 0.05) is 19.1 Å². The molecular weight excluding hydrogens is 336 g/mol. The van der Waals surface area contributed by atoms with Crippen LogP contribution in [0.25, 0.3) is 0 Å². The van der Waals surface area contributed by atoms with Crippen LogP contribution in [0.2, 0.25) is 0 Å². The van der Waals surface area contributed by atoms with Crippen molar-refractivity contribution in [3.63, 3.8) is 0 Å². The van der Waals surface area contributed by atoms with Crippen molar-refractivity contribution in [1.29, 1.82) is 0 Å². The summed E-state index contributed by atoms with van der Waals surface area (Å²) in [7, 11) is 2.14. The third-order valence-corrected chi connectivity index (χ3v) is 6.32. The number of likely N-dealkylation sites (tertiary alicyclic amines) is 1. The first-order chi connectivity index (χ1) is 13.1. The van der Waals surface area contributed by atoms with Crippen molar-refractivity contribution in [3.8, 4) is 5.75 Å². The van der Waals surface area contributed by atoms with Gasteiger partial charge in [0.25, 0.3) is 0 Å². The topological polar surface area (TPSA) is 35.9 Å². The van der Waals surface area contributed by atoms with E-state index in [1.165, 1.54) is 63.6 Å². The number of hydrogen-bond acceptors (Lipinski definition) is 4. The van der Waals surface area contributed by atoms with Crippen LogP contribution in [0.15, 0.2) is 24.3 Å². The molecule has 0 aromatic heterocycles. The lowest BCUT2D eigenvalue weighted by Crippen LogP contribution is -2.40. The monoisotopic (exact) mass is 374 g/mol. The van der Waals surface area contributed by atoms with E-state index in [-0.39, 0.29) is 0 Å². The first-order valence-corrected chi connectivity index (χ1v) is 10.9. The Hall–Kier alpha value is -1.10. The molecule has 0 amide bonds. The zero-order valence-corrected chi connectivity index (χ0v) is 17.3. The minimum Gasteiger partial charge on any atom is -0.491 e. The van der Waals surface area contributed by atoms with E-state index in [0.717, 1.165) is 18.2 Å². The number of aliphatic hydroxyl groups excluding tert-OH is 1. The molecule has 1 saturated carbocycles. The molecule has 1 saturated heterocycles. The first kappa shape index (κ1) is 20.6. The summed E-state index contributed by atoms with van der Waals surface area (Å²) < 4.78 is 5.91. The van der Waals surface area contributed by atoms with Gasteiger partial charge < -0.3 is 14.7 Å². The molecule has 152 valence electrons. The molecule has 1 unspecified atom stereocenters. The molecule has 1 N–H and O–H groups in total. The van der Waals surface area contributed by atoms with Gasteiger partial charge >= 0.3 is 0 Å². The van der Waals surface area contributed by atoms with E-state index in [1.54, 1.807) is 0 Å². The quantitative estimate of drug-likeness (QED) is 0.748. The number of ether oxygens (including phenoxy) is 1. The largest absolute Gasteiger partial charge is 0.491 e. The van der Waals surface area contributed by atoms with Gasteiger partial charge in [-0.3, -0.25) is 4.90 Å². The van der Waals surface area contributed by atoms with Crippen LogP contribution in [-0.4, -0.2) is 60.3 Å². The molecule has 0 spiro atoms. The summed E-state index contributed by atoms with van der Waals surface area (Å²) in [6.45, 7) is 6.79. The Morgan fingerprint density at radius 2 is 1.89 bits per heavy atom. The summed E-state index contributed by atoms with van der Waals surface area (Å²) in [5.41, 5.74) is 1.30. The molecule has 2 fully saturated rings. The van der Waals surface area contributed by atoms with Gasteiger partial charge in [0.1, 0.15) is 18.5 Å². The van der Waals surface area contributed by atoms with Crippen molar-refractivity contribution in [2.45, 2.75) is 70.6 Å².